The van der Waals surface area contributed by atoms with E-state index >= 15 is 0 Å². The summed E-state index contributed by atoms with van der Waals surface area (Å²) in [7, 11) is -3.68. The number of hydrogen-bond acceptors (Lipinski definition) is 5. The molecule has 2 N–H and O–H groups in total. The Labute approximate surface area is 230 Å². The third-order valence-electron chi connectivity index (χ3n) is 7.71. The van der Waals surface area contributed by atoms with Gasteiger partial charge in [0.1, 0.15) is 4.90 Å². The van der Waals surface area contributed by atoms with Gasteiger partial charge >= 0.3 is 0 Å². The lowest BCUT2D eigenvalue weighted by Gasteiger charge is -2.35. The standard InChI is InChI=1S/C30H39N3O3S2/c1-30(2,3)31-19-21-14-15-24-22(17-21)9-8-12-26(24)32-29(34)18-23-10-6-7-16-33(23)38(35,36)28-20-37-27-13-5-4-11-25(27)28/h4-5,11,13-15,17,20,23,26,31H,6-10,12,16,18-19H2,1-3H3,(H,32,34). The van der Waals surface area contributed by atoms with Crippen LogP contribution in [0.25, 0.3) is 10.1 Å². The van der Waals surface area contributed by atoms with E-state index in [4.69, 9.17) is 0 Å². The van der Waals surface area contributed by atoms with Gasteiger partial charge in [-0.05, 0) is 75.6 Å². The van der Waals surface area contributed by atoms with Gasteiger partial charge in [-0.3, -0.25) is 4.79 Å². The first-order valence-corrected chi connectivity index (χ1v) is 16.1. The number of carbonyl (C=O) groups is 1. The lowest BCUT2D eigenvalue weighted by molar-refractivity contribution is -0.123. The monoisotopic (exact) mass is 553 g/mol. The van der Waals surface area contributed by atoms with Crippen LogP contribution in [0.2, 0.25) is 0 Å². The average Bonchev–Trinajstić information content (AvgIpc) is 3.32. The van der Waals surface area contributed by atoms with Crippen molar-refractivity contribution >= 4 is 37.4 Å². The summed E-state index contributed by atoms with van der Waals surface area (Å²) < 4.78 is 30.1. The minimum absolute atomic E-state index is 0.0228. The Hall–Kier alpha value is -2.26. The maximum absolute atomic E-state index is 13.8. The predicted octanol–water partition coefficient (Wildman–Crippen LogP) is 5.92. The van der Waals surface area contributed by atoms with E-state index in [1.54, 1.807) is 9.69 Å². The van der Waals surface area contributed by atoms with Crippen molar-refractivity contribution in [2.45, 2.75) is 94.8 Å². The molecule has 0 bridgehead atoms. The number of piperidine rings is 1. The average molecular weight is 554 g/mol. The van der Waals surface area contributed by atoms with Gasteiger partial charge in [0.05, 0.1) is 6.04 Å². The van der Waals surface area contributed by atoms with Crippen molar-refractivity contribution < 1.29 is 13.2 Å². The van der Waals surface area contributed by atoms with E-state index in [1.165, 1.54) is 28.0 Å². The van der Waals surface area contributed by atoms with Gasteiger partial charge in [-0.1, -0.05) is 42.8 Å². The Morgan fingerprint density at radius 2 is 1.89 bits per heavy atom. The number of rotatable bonds is 7. The van der Waals surface area contributed by atoms with Crippen molar-refractivity contribution in [2.75, 3.05) is 6.54 Å². The zero-order valence-corrected chi connectivity index (χ0v) is 24.3. The van der Waals surface area contributed by atoms with Crippen molar-refractivity contribution in [1.82, 2.24) is 14.9 Å². The summed E-state index contributed by atoms with van der Waals surface area (Å²) in [6.45, 7) is 7.77. The first-order valence-electron chi connectivity index (χ1n) is 13.8. The van der Waals surface area contributed by atoms with E-state index in [0.29, 0.717) is 17.9 Å². The highest BCUT2D eigenvalue weighted by molar-refractivity contribution is 7.89. The molecule has 0 saturated carbocycles. The molecule has 204 valence electrons. The first kappa shape index (κ1) is 27.3. The van der Waals surface area contributed by atoms with Gasteiger partial charge in [0, 0.05) is 46.6 Å². The van der Waals surface area contributed by atoms with Crippen LogP contribution in [0.1, 0.15) is 82.0 Å². The topological polar surface area (TPSA) is 78.5 Å². The molecule has 1 fully saturated rings. The number of carbonyl (C=O) groups excluding carboxylic acids is 1. The fourth-order valence-electron chi connectivity index (χ4n) is 5.74. The highest BCUT2D eigenvalue weighted by Crippen LogP contribution is 2.35. The second-order valence-electron chi connectivity index (χ2n) is 11.7. The molecule has 1 saturated heterocycles. The number of nitrogens with zero attached hydrogens (tertiary/aromatic N) is 1. The number of aryl methyl sites for hydroxylation is 1. The molecule has 5 rings (SSSR count). The highest BCUT2D eigenvalue weighted by Gasteiger charge is 2.36. The highest BCUT2D eigenvalue weighted by atomic mass is 32.2. The SMILES string of the molecule is CC(C)(C)NCc1ccc2c(c1)CCCC2NC(=O)CC1CCCCN1S(=O)(=O)c1csc2ccccc12. The van der Waals surface area contributed by atoms with Crippen LogP contribution in [0.5, 0.6) is 0 Å². The molecule has 2 atom stereocenters. The summed E-state index contributed by atoms with van der Waals surface area (Å²) in [5.74, 6) is -0.0661. The van der Waals surface area contributed by atoms with Gasteiger partial charge < -0.3 is 10.6 Å². The van der Waals surface area contributed by atoms with Crippen LogP contribution < -0.4 is 10.6 Å². The van der Waals surface area contributed by atoms with E-state index in [0.717, 1.165) is 48.7 Å². The molecule has 8 heteroatoms. The molecule has 3 aromatic rings. The van der Waals surface area contributed by atoms with Gasteiger partial charge in [0.2, 0.25) is 15.9 Å². The van der Waals surface area contributed by atoms with Gasteiger partial charge in [0.25, 0.3) is 0 Å². The normalized spacial score (nSPS) is 20.8. The fourth-order valence-corrected chi connectivity index (χ4v) is 8.90. The molecule has 1 aromatic heterocycles. The van der Waals surface area contributed by atoms with Crippen molar-refractivity contribution in [3.8, 4) is 0 Å². The zero-order chi connectivity index (χ0) is 26.9. The predicted molar refractivity (Wildman–Crippen MR) is 155 cm³/mol. The van der Waals surface area contributed by atoms with Crippen LogP contribution in [0, 0.1) is 0 Å². The molecule has 1 amide bonds. The number of sulfonamides is 1. The third kappa shape index (κ3) is 5.98. The molecule has 2 unspecified atom stereocenters. The molecule has 6 nitrogen and oxygen atoms in total. The van der Waals surface area contributed by atoms with Crippen molar-refractivity contribution in [1.29, 1.82) is 0 Å². The van der Waals surface area contributed by atoms with E-state index in [9.17, 15) is 13.2 Å². The maximum atomic E-state index is 13.8. The second kappa shape index (κ2) is 11.1. The van der Waals surface area contributed by atoms with Crippen LogP contribution in [0.4, 0.5) is 0 Å². The largest absolute Gasteiger partial charge is 0.349 e. The Morgan fingerprint density at radius 3 is 2.71 bits per heavy atom. The van der Waals surface area contributed by atoms with Crippen LogP contribution in [0.15, 0.2) is 52.7 Å². The Bertz CT molecular complexity index is 1410. The molecule has 2 heterocycles. The lowest BCUT2D eigenvalue weighted by atomic mass is 9.86. The lowest BCUT2D eigenvalue weighted by Crippen LogP contribution is -2.46. The maximum Gasteiger partial charge on any atom is 0.244 e. The van der Waals surface area contributed by atoms with E-state index in [-0.39, 0.29) is 30.0 Å². The van der Waals surface area contributed by atoms with Crippen molar-refractivity contribution in [3.05, 3.63) is 64.5 Å². The van der Waals surface area contributed by atoms with Gasteiger partial charge in [0.15, 0.2) is 0 Å². The minimum Gasteiger partial charge on any atom is -0.349 e. The number of amides is 1. The Kier molecular flexibility index (Phi) is 7.96. The van der Waals surface area contributed by atoms with Crippen LogP contribution >= 0.6 is 11.3 Å². The van der Waals surface area contributed by atoms with Crippen LogP contribution in [-0.2, 0) is 27.8 Å². The molecule has 1 aliphatic carbocycles. The number of hydrogen-bond donors (Lipinski definition) is 2. The van der Waals surface area contributed by atoms with Gasteiger partial charge in [-0.15, -0.1) is 11.3 Å². The Morgan fingerprint density at radius 1 is 1.08 bits per heavy atom. The van der Waals surface area contributed by atoms with E-state index < -0.39 is 10.0 Å². The Balaban J connectivity index is 1.28. The second-order valence-corrected chi connectivity index (χ2v) is 14.5. The van der Waals surface area contributed by atoms with E-state index in [2.05, 4.69) is 49.6 Å². The van der Waals surface area contributed by atoms with Crippen molar-refractivity contribution in [2.24, 2.45) is 0 Å². The number of nitrogens with one attached hydrogen (secondary N) is 2. The van der Waals surface area contributed by atoms with E-state index in [1.807, 2.05) is 24.3 Å². The summed E-state index contributed by atoms with van der Waals surface area (Å²) in [5, 5.41) is 9.32. The van der Waals surface area contributed by atoms with Gasteiger partial charge in [-0.25, -0.2) is 8.42 Å². The number of benzene rings is 2. The fraction of sp³-hybridized carbons (Fsp3) is 0.500. The van der Waals surface area contributed by atoms with Crippen molar-refractivity contribution in [3.63, 3.8) is 0 Å². The molecule has 1 aliphatic heterocycles. The smallest absolute Gasteiger partial charge is 0.244 e. The molecular formula is C30H39N3O3S2. The molecule has 2 aliphatic rings. The summed E-state index contributed by atoms with van der Waals surface area (Å²) in [4.78, 5) is 13.7. The van der Waals surface area contributed by atoms with Crippen LogP contribution in [0.3, 0.4) is 0 Å². The number of fused-ring (bicyclic) bond motifs is 2. The summed E-state index contributed by atoms with van der Waals surface area (Å²) in [5.41, 5.74) is 3.82. The molecular weight excluding hydrogens is 514 g/mol. The first-order chi connectivity index (χ1) is 18.1. The molecule has 38 heavy (non-hydrogen) atoms. The summed E-state index contributed by atoms with van der Waals surface area (Å²) in [6.07, 6.45) is 5.62. The van der Waals surface area contributed by atoms with Crippen LogP contribution in [-0.4, -0.2) is 36.8 Å². The zero-order valence-electron chi connectivity index (χ0n) is 22.6. The molecule has 0 spiro atoms. The number of thiophene rings is 1. The molecule has 0 radical (unpaired) electrons. The quantitative estimate of drug-likeness (QED) is 0.381. The molecule has 2 aromatic carbocycles. The third-order valence-corrected chi connectivity index (χ3v) is 10.8. The summed E-state index contributed by atoms with van der Waals surface area (Å²) in [6, 6.07) is 13.9. The summed E-state index contributed by atoms with van der Waals surface area (Å²) >= 11 is 1.45. The van der Waals surface area contributed by atoms with Gasteiger partial charge in [-0.2, -0.15) is 4.31 Å². The minimum atomic E-state index is -3.68.